The summed E-state index contributed by atoms with van der Waals surface area (Å²) >= 11 is 0. The number of nitrogens with one attached hydrogen (secondary N) is 2. The number of aromatic nitrogens is 1. The molecule has 0 spiro atoms. The van der Waals surface area contributed by atoms with Crippen LogP contribution in [0.15, 0.2) is 18.3 Å². The van der Waals surface area contributed by atoms with E-state index in [-0.39, 0.29) is 0 Å². The molecule has 3 N–H and O–H groups in total. The van der Waals surface area contributed by atoms with E-state index in [0.29, 0.717) is 5.41 Å². The SMILES string of the molecule is Cn1cc(CNCC23CC4CC(CC(C4)C2)C3)cc1C=CC(=O)NO. The Balaban J connectivity index is 1.33. The van der Waals surface area contributed by atoms with Gasteiger partial charge in [-0.1, -0.05) is 0 Å². The first-order chi connectivity index (χ1) is 12.0. The number of hydroxylamine groups is 1. The Morgan fingerprint density at radius 2 is 1.92 bits per heavy atom. The molecule has 136 valence electrons. The third-order valence-corrected chi connectivity index (χ3v) is 6.61. The molecule has 4 fully saturated rings. The van der Waals surface area contributed by atoms with Gasteiger partial charge in [-0.05, 0) is 79.4 Å². The van der Waals surface area contributed by atoms with Gasteiger partial charge in [-0.25, -0.2) is 5.48 Å². The molecule has 4 bridgehead atoms. The predicted octanol–water partition coefficient (Wildman–Crippen LogP) is 2.85. The molecule has 4 saturated carbocycles. The van der Waals surface area contributed by atoms with Crippen molar-refractivity contribution in [1.29, 1.82) is 0 Å². The fraction of sp³-hybridized carbons (Fsp3) is 0.650. The Kier molecular flexibility index (Phi) is 4.46. The number of aryl methyl sites for hydroxylation is 1. The summed E-state index contributed by atoms with van der Waals surface area (Å²) in [5.41, 5.74) is 4.36. The van der Waals surface area contributed by atoms with Gasteiger partial charge in [0.2, 0.25) is 0 Å². The minimum absolute atomic E-state index is 0.511. The van der Waals surface area contributed by atoms with Crippen LogP contribution in [0.3, 0.4) is 0 Å². The lowest BCUT2D eigenvalue weighted by molar-refractivity contribution is -0.124. The molecule has 5 rings (SSSR count). The number of amides is 1. The largest absolute Gasteiger partial charge is 0.351 e. The summed E-state index contributed by atoms with van der Waals surface area (Å²) in [5, 5.41) is 12.3. The molecule has 4 aliphatic rings. The van der Waals surface area contributed by atoms with Crippen LogP contribution in [0.5, 0.6) is 0 Å². The van der Waals surface area contributed by atoms with Crippen molar-refractivity contribution in [3.8, 4) is 0 Å². The van der Waals surface area contributed by atoms with Gasteiger partial charge in [-0.3, -0.25) is 10.0 Å². The van der Waals surface area contributed by atoms with Crippen molar-refractivity contribution in [2.75, 3.05) is 6.54 Å². The zero-order valence-electron chi connectivity index (χ0n) is 15.0. The Bertz CT molecular complexity index is 641. The maximum atomic E-state index is 11.1. The molecule has 1 aromatic rings. The van der Waals surface area contributed by atoms with Gasteiger partial charge in [0.15, 0.2) is 0 Å². The van der Waals surface area contributed by atoms with Crippen LogP contribution >= 0.6 is 0 Å². The van der Waals surface area contributed by atoms with E-state index in [9.17, 15) is 4.79 Å². The molecule has 0 radical (unpaired) electrons. The van der Waals surface area contributed by atoms with Crippen molar-refractivity contribution < 1.29 is 10.0 Å². The fourth-order valence-electron chi connectivity index (χ4n) is 6.09. The summed E-state index contributed by atoms with van der Waals surface area (Å²) in [6, 6.07) is 2.09. The van der Waals surface area contributed by atoms with Crippen LogP contribution in [0.1, 0.15) is 49.8 Å². The van der Waals surface area contributed by atoms with Crippen molar-refractivity contribution in [3.63, 3.8) is 0 Å². The maximum Gasteiger partial charge on any atom is 0.267 e. The van der Waals surface area contributed by atoms with Crippen molar-refractivity contribution in [3.05, 3.63) is 29.6 Å². The van der Waals surface area contributed by atoms with Crippen molar-refractivity contribution in [1.82, 2.24) is 15.4 Å². The summed E-state index contributed by atoms with van der Waals surface area (Å²) in [5.74, 6) is 2.49. The normalized spacial score (nSPS) is 33.3. The molecule has 1 amide bonds. The van der Waals surface area contributed by atoms with Crippen molar-refractivity contribution in [2.45, 2.75) is 45.1 Å². The van der Waals surface area contributed by atoms with E-state index in [4.69, 9.17) is 5.21 Å². The highest BCUT2D eigenvalue weighted by atomic mass is 16.5. The number of hydrogen-bond donors (Lipinski definition) is 3. The highest BCUT2D eigenvalue weighted by Crippen LogP contribution is 2.59. The summed E-state index contributed by atoms with van der Waals surface area (Å²) in [4.78, 5) is 11.1. The number of nitrogens with zero attached hydrogens (tertiary/aromatic N) is 1. The van der Waals surface area contributed by atoms with Crippen LogP contribution in [-0.4, -0.2) is 22.2 Å². The summed E-state index contributed by atoms with van der Waals surface area (Å²) in [6.45, 7) is 2.01. The second-order valence-corrected chi connectivity index (χ2v) is 8.71. The zero-order chi connectivity index (χ0) is 17.4. The summed E-state index contributed by atoms with van der Waals surface area (Å²) in [6.07, 6.45) is 13.9. The van der Waals surface area contributed by atoms with Gasteiger partial charge in [0.25, 0.3) is 5.91 Å². The van der Waals surface area contributed by atoms with Crippen LogP contribution in [0.4, 0.5) is 0 Å². The smallest absolute Gasteiger partial charge is 0.267 e. The molecule has 0 aromatic carbocycles. The minimum atomic E-state index is -0.511. The van der Waals surface area contributed by atoms with Crippen LogP contribution in [0, 0.1) is 23.2 Å². The average molecular weight is 343 g/mol. The molecule has 0 aliphatic heterocycles. The lowest BCUT2D eigenvalue weighted by Gasteiger charge is -2.57. The van der Waals surface area contributed by atoms with E-state index in [1.54, 1.807) is 11.6 Å². The third-order valence-electron chi connectivity index (χ3n) is 6.61. The average Bonchev–Trinajstić information content (AvgIpc) is 2.91. The van der Waals surface area contributed by atoms with Gasteiger partial charge in [-0.15, -0.1) is 0 Å². The molecule has 0 atom stereocenters. The number of carbonyl (C=O) groups is 1. The summed E-state index contributed by atoms with van der Waals surface area (Å²) in [7, 11) is 1.97. The van der Waals surface area contributed by atoms with Crippen molar-refractivity contribution >= 4 is 12.0 Å². The molecule has 5 nitrogen and oxygen atoms in total. The van der Waals surface area contributed by atoms with Crippen molar-refractivity contribution in [2.24, 2.45) is 30.2 Å². The molecule has 25 heavy (non-hydrogen) atoms. The van der Waals surface area contributed by atoms with Crippen LogP contribution in [0.25, 0.3) is 6.08 Å². The molecule has 1 aromatic heterocycles. The first kappa shape index (κ1) is 16.9. The molecule has 1 heterocycles. The van der Waals surface area contributed by atoms with Gasteiger partial charge in [0, 0.05) is 38.1 Å². The quantitative estimate of drug-likeness (QED) is 0.423. The number of hydrogen-bond acceptors (Lipinski definition) is 3. The monoisotopic (exact) mass is 343 g/mol. The van der Waals surface area contributed by atoms with E-state index in [1.165, 1.54) is 50.2 Å². The molecule has 0 saturated heterocycles. The molecule has 5 heteroatoms. The van der Waals surface area contributed by atoms with Crippen LogP contribution < -0.4 is 10.8 Å². The third kappa shape index (κ3) is 3.53. The fourth-order valence-corrected chi connectivity index (χ4v) is 6.09. The second-order valence-electron chi connectivity index (χ2n) is 8.71. The first-order valence-electron chi connectivity index (χ1n) is 9.53. The Hall–Kier alpha value is -1.59. The zero-order valence-corrected chi connectivity index (χ0v) is 15.0. The lowest BCUT2D eigenvalue weighted by Crippen LogP contribution is -2.50. The Morgan fingerprint density at radius 1 is 1.28 bits per heavy atom. The predicted molar refractivity (Wildman–Crippen MR) is 96.7 cm³/mol. The highest BCUT2D eigenvalue weighted by molar-refractivity contribution is 5.90. The second kappa shape index (κ2) is 6.61. The molecule has 4 aliphatic carbocycles. The van der Waals surface area contributed by atoms with Gasteiger partial charge < -0.3 is 9.88 Å². The number of rotatable bonds is 6. The van der Waals surface area contributed by atoms with Gasteiger partial charge >= 0.3 is 0 Å². The van der Waals surface area contributed by atoms with E-state index in [2.05, 4.69) is 17.6 Å². The topological polar surface area (TPSA) is 66.3 Å². The maximum absolute atomic E-state index is 11.1. The van der Waals surface area contributed by atoms with E-state index < -0.39 is 5.91 Å². The lowest BCUT2D eigenvalue weighted by atomic mass is 9.49. The van der Waals surface area contributed by atoms with Gasteiger partial charge in [-0.2, -0.15) is 0 Å². The van der Waals surface area contributed by atoms with Gasteiger partial charge in [0.1, 0.15) is 0 Å². The van der Waals surface area contributed by atoms with Crippen LogP contribution in [0.2, 0.25) is 0 Å². The highest BCUT2D eigenvalue weighted by Gasteiger charge is 2.50. The van der Waals surface area contributed by atoms with E-state index in [1.807, 2.05) is 11.6 Å². The molecular weight excluding hydrogens is 314 g/mol. The van der Waals surface area contributed by atoms with Gasteiger partial charge in [0.05, 0.1) is 0 Å². The van der Waals surface area contributed by atoms with Crippen LogP contribution in [-0.2, 0) is 18.4 Å². The minimum Gasteiger partial charge on any atom is -0.351 e. The Labute approximate surface area is 149 Å². The van der Waals surface area contributed by atoms with E-state index >= 15 is 0 Å². The van der Waals surface area contributed by atoms with E-state index in [0.717, 1.165) is 36.5 Å². The summed E-state index contributed by atoms with van der Waals surface area (Å²) < 4.78 is 2.00. The molecule has 0 unspecified atom stereocenters. The number of carbonyl (C=O) groups excluding carboxylic acids is 1. The standard InChI is InChI=1S/C20H29N3O2/c1-23-12-17(7-18(23)2-3-19(24)22-25)11-21-13-20-8-14-4-15(9-20)6-16(5-14)10-20/h2-3,7,12,14-16,21,25H,4-6,8-11,13H2,1H3,(H,22,24). The first-order valence-corrected chi connectivity index (χ1v) is 9.53. The Morgan fingerprint density at radius 3 is 2.52 bits per heavy atom. The molecular formula is C20H29N3O2.